The molecular weight excluding hydrogens is 673 g/mol. The van der Waals surface area contributed by atoms with Crippen molar-refractivity contribution < 1.29 is 30.0 Å². The summed E-state index contributed by atoms with van der Waals surface area (Å²) in [6.45, 7) is 5.06. The predicted molar refractivity (Wildman–Crippen MR) is 143 cm³/mol. The molecule has 1 N–H and O–H groups in total. The SMILES string of the molecule is CC(=O)/C=C(/C)O.Cc1ccc2c(-c3[c-]c4ccccc4c(C#N)c3)nccc2[c]1[Ge]([CH3])([CH3])[CH3].[Ir]. The Hall–Kier alpha value is -2.78. The molecule has 1 radical (unpaired) electrons. The van der Waals surface area contributed by atoms with E-state index in [2.05, 4.69) is 54.5 Å². The molecule has 0 bridgehead atoms. The molecule has 1 heterocycles. The van der Waals surface area contributed by atoms with E-state index in [1.165, 1.54) is 35.3 Å². The van der Waals surface area contributed by atoms with Crippen LogP contribution in [0.25, 0.3) is 32.8 Å². The van der Waals surface area contributed by atoms with E-state index in [1.54, 1.807) is 0 Å². The van der Waals surface area contributed by atoms with Crippen LogP contribution in [-0.4, -0.2) is 29.1 Å². The van der Waals surface area contributed by atoms with E-state index < -0.39 is 13.3 Å². The normalized spacial score (nSPS) is 11.3. The summed E-state index contributed by atoms with van der Waals surface area (Å²) in [6.07, 6.45) is 3.06. The molecule has 0 fully saturated rings. The van der Waals surface area contributed by atoms with E-state index in [-0.39, 0.29) is 31.6 Å². The van der Waals surface area contributed by atoms with Crippen molar-refractivity contribution in [3.05, 3.63) is 83.8 Å². The van der Waals surface area contributed by atoms with Crippen molar-refractivity contribution in [1.29, 1.82) is 5.26 Å². The third kappa shape index (κ3) is 6.67. The Bertz CT molecular complexity index is 1460. The third-order valence-corrected chi connectivity index (χ3v) is 10.0. The molecule has 0 atom stereocenters. The monoisotopic (exact) mass is 704 g/mol. The number of rotatable bonds is 3. The molecule has 35 heavy (non-hydrogen) atoms. The van der Waals surface area contributed by atoms with E-state index in [9.17, 15) is 10.1 Å². The Kier molecular flexibility index (Phi) is 9.57. The van der Waals surface area contributed by atoms with Crippen LogP contribution >= 0.6 is 0 Å². The number of carbonyl (C=O) groups excluding carboxylic acids is 1. The van der Waals surface area contributed by atoms with Crippen molar-refractivity contribution in [2.24, 2.45) is 0 Å². The van der Waals surface area contributed by atoms with Crippen molar-refractivity contribution in [3.8, 4) is 17.3 Å². The fourth-order valence-electron chi connectivity index (χ4n) is 4.32. The molecule has 0 aliphatic carbocycles. The van der Waals surface area contributed by atoms with Crippen molar-refractivity contribution in [1.82, 2.24) is 4.98 Å². The summed E-state index contributed by atoms with van der Waals surface area (Å²) in [6, 6.07) is 22.2. The Morgan fingerprint density at radius 2 is 1.74 bits per heavy atom. The number of hydrogen-bond acceptors (Lipinski definition) is 4. The Morgan fingerprint density at radius 3 is 2.31 bits per heavy atom. The number of aliphatic hydroxyl groups is 1. The minimum atomic E-state index is -2.06. The summed E-state index contributed by atoms with van der Waals surface area (Å²) in [7, 11) is 0. The Balaban J connectivity index is 0.000000476. The van der Waals surface area contributed by atoms with E-state index in [4.69, 9.17) is 10.1 Å². The number of allylic oxidation sites excluding steroid dienone is 2. The number of pyridine rings is 1. The van der Waals surface area contributed by atoms with Crippen molar-refractivity contribution >= 4 is 45.0 Å². The molecule has 0 amide bonds. The van der Waals surface area contributed by atoms with Gasteiger partial charge in [-0.25, -0.2) is 0 Å². The standard InChI is InChI=1S/C24H21GeN2.C5H8O2.Ir/c1-16-9-10-22-21(23(16)25(2,3)4)11-12-27-24(22)18-13-17-7-5-6-8-20(17)19(14-18)15-26;1-4(6)3-5(2)7;/h5-12,14H,1-4H3;3,6H,1-2H3;/q-1;;/b;4-3-;. The summed E-state index contributed by atoms with van der Waals surface area (Å²) >= 11 is -2.06. The Morgan fingerprint density at radius 1 is 1.06 bits per heavy atom. The fourth-order valence-corrected chi connectivity index (χ4v) is 9.13. The number of carbonyl (C=O) groups is 1. The van der Waals surface area contributed by atoms with Gasteiger partial charge in [0.2, 0.25) is 0 Å². The molecule has 3 aromatic carbocycles. The van der Waals surface area contributed by atoms with Gasteiger partial charge in [-0.3, -0.25) is 4.79 Å². The van der Waals surface area contributed by atoms with Crippen molar-refractivity contribution in [2.45, 2.75) is 38.0 Å². The largest absolute Gasteiger partial charge is 0 e. The van der Waals surface area contributed by atoms with Gasteiger partial charge in [-0.2, -0.15) is 0 Å². The maximum Gasteiger partial charge on any atom is 0 e. The van der Waals surface area contributed by atoms with Crippen LogP contribution in [-0.2, 0) is 24.9 Å². The quantitative estimate of drug-likeness (QED) is 0.113. The molecule has 0 aliphatic heterocycles. The smallest absolute Gasteiger partial charge is 0 e. The fraction of sp³-hybridized carbons (Fsp3) is 0.207. The minimum absolute atomic E-state index is 0. The van der Waals surface area contributed by atoms with Crippen LogP contribution in [0.5, 0.6) is 0 Å². The second kappa shape index (κ2) is 11.8. The number of nitriles is 1. The molecule has 0 unspecified atom stereocenters. The van der Waals surface area contributed by atoms with Gasteiger partial charge in [0, 0.05) is 26.2 Å². The van der Waals surface area contributed by atoms with Crippen LogP contribution in [0.1, 0.15) is 25.0 Å². The number of hydrogen-bond donors (Lipinski definition) is 1. The maximum absolute atomic E-state index is 10.0. The van der Waals surface area contributed by atoms with Crippen molar-refractivity contribution in [2.75, 3.05) is 0 Å². The molecule has 181 valence electrons. The first-order valence-corrected chi connectivity index (χ1v) is 18.5. The number of nitrogens with zero attached hydrogens (tertiary/aromatic N) is 2. The molecule has 1 aromatic heterocycles. The number of fused-ring (bicyclic) bond motifs is 2. The molecule has 6 heteroatoms. The molecule has 0 aliphatic rings. The third-order valence-electron chi connectivity index (χ3n) is 5.47. The predicted octanol–water partition coefficient (Wildman–Crippen LogP) is 6.62. The first-order chi connectivity index (χ1) is 16.0. The van der Waals surface area contributed by atoms with Crippen LogP contribution in [0.4, 0.5) is 0 Å². The summed E-state index contributed by atoms with van der Waals surface area (Å²) in [4.78, 5) is 14.7. The summed E-state index contributed by atoms with van der Waals surface area (Å²) in [5, 5.41) is 22.3. The van der Waals surface area contributed by atoms with Crippen molar-refractivity contribution in [3.63, 3.8) is 0 Å². The van der Waals surface area contributed by atoms with Crippen LogP contribution in [0, 0.1) is 24.3 Å². The zero-order chi connectivity index (χ0) is 25.0. The molecule has 4 aromatic rings. The zero-order valence-electron chi connectivity index (χ0n) is 20.9. The average Bonchev–Trinajstić information content (AvgIpc) is 2.76. The topological polar surface area (TPSA) is 74.0 Å². The second-order valence-electron chi connectivity index (χ2n) is 9.41. The number of aromatic nitrogens is 1. The summed E-state index contributed by atoms with van der Waals surface area (Å²) in [5.74, 6) is 7.22. The van der Waals surface area contributed by atoms with Crippen LogP contribution in [0.2, 0.25) is 17.3 Å². The minimum Gasteiger partial charge on any atom is 0 e. The van der Waals surface area contributed by atoms with Gasteiger partial charge in [-0.15, -0.1) is 0 Å². The first-order valence-electron chi connectivity index (χ1n) is 11.1. The van der Waals surface area contributed by atoms with E-state index >= 15 is 0 Å². The van der Waals surface area contributed by atoms with Gasteiger partial charge >= 0.3 is 163 Å². The second-order valence-corrected chi connectivity index (χ2v) is 19.9. The molecule has 4 nitrogen and oxygen atoms in total. The number of aryl methyl sites for hydroxylation is 1. The number of ketones is 1. The molecule has 0 saturated heterocycles. The average molecular weight is 702 g/mol. The summed E-state index contributed by atoms with van der Waals surface area (Å²) in [5.41, 5.74) is 3.82. The van der Waals surface area contributed by atoms with E-state index in [0.717, 1.165) is 27.4 Å². The Labute approximate surface area is 223 Å². The zero-order valence-corrected chi connectivity index (χ0v) is 25.3. The molecule has 0 saturated carbocycles. The number of benzene rings is 3. The van der Waals surface area contributed by atoms with Gasteiger partial charge in [-0.1, -0.05) is 0 Å². The first kappa shape index (κ1) is 28.5. The molecule has 0 spiro atoms. The van der Waals surface area contributed by atoms with Crippen LogP contribution in [0.15, 0.2) is 66.6 Å². The van der Waals surface area contributed by atoms with Gasteiger partial charge in [-0.05, 0) is 13.8 Å². The number of aliphatic hydroxyl groups excluding tert-OH is 1. The molecular formula is C29H29GeIrN2O2-. The van der Waals surface area contributed by atoms with Gasteiger partial charge in [0.25, 0.3) is 0 Å². The van der Waals surface area contributed by atoms with Crippen LogP contribution < -0.4 is 4.40 Å². The maximum atomic E-state index is 10.0. The van der Waals surface area contributed by atoms with Gasteiger partial charge < -0.3 is 5.11 Å². The van der Waals surface area contributed by atoms with Gasteiger partial charge in [0.15, 0.2) is 5.78 Å². The van der Waals surface area contributed by atoms with Gasteiger partial charge in [0.05, 0.1) is 5.76 Å². The van der Waals surface area contributed by atoms with E-state index in [1.807, 2.05) is 36.5 Å². The van der Waals surface area contributed by atoms with Gasteiger partial charge in [0.1, 0.15) is 0 Å². The van der Waals surface area contributed by atoms with E-state index in [0.29, 0.717) is 5.56 Å². The summed E-state index contributed by atoms with van der Waals surface area (Å²) < 4.78 is 1.53. The van der Waals surface area contributed by atoms with Crippen LogP contribution in [0.3, 0.4) is 0 Å². The molecule has 4 rings (SSSR count).